The fourth-order valence-corrected chi connectivity index (χ4v) is 12.4. The van der Waals surface area contributed by atoms with Gasteiger partial charge in [-0.3, -0.25) is 19.2 Å². The van der Waals surface area contributed by atoms with Crippen molar-refractivity contribution in [3.05, 3.63) is 206 Å². The highest BCUT2D eigenvalue weighted by atomic mass is 16.2. The first-order chi connectivity index (χ1) is 39.3. The van der Waals surface area contributed by atoms with Crippen molar-refractivity contribution >= 4 is 46.4 Å². The molecule has 4 fully saturated rings. The van der Waals surface area contributed by atoms with Gasteiger partial charge in [-0.05, 0) is 129 Å². The van der Waals surface area contributed by atoms with Gasteiger partial charge in [0, 0.05) is 74.1 Å². The lowest BCUT2D eigenvalue weighted by atomic mass is 9.79. The number of carbonyl (C=O) groups is 4. The van der Waals surface area contributed by atoms with Crippen LogP contribution in [0.1, 0.15) is 54.1 Å². The summed E-state index contributed by atoms with van der Waals surface area (Å²) in [5.74, 6) is 0.233. The molecule has 9 aromatic carbocycles. The predicted molar refractivity (Wildman–Crippen MR) is 316 cm³/mol. The summed E-state index contributed by atoms with van der Waals surface area (Å²) in [6.45, 7) is 2.35. The van der Waals surface area contributed by atoms with E-state index < -0.39 is 0 Å². The molecule has 0 N–H and O–H groups in total. The lowest BCUT2D eigenvalue weighted by Gasteiger charge is -2.26. The van der Waals surface area contributed by atoms with Gasteiger partial charge in [0.15, 0.2) is 0 Å². The van der Waals surface area contributed by atoms with Crippen LogP contribution in [-0.2, 0) is 19.2 Å². The van der Waals surface area contributed by atoms with Crippen molar-refractivity contribution in [2.24, 2.45) is 0 Å². The zero-order valence-electron chi connectivity index (χ0n) is 45.4. The fraction of sp³-hybridized carbons (Fsp3) is 0.171. The van der Waals surface area contributed by atoms with Crippen LogP contribution < -0.4 is 19.6 Å². The van der Waals surface area contributed by atoms with Crippen LogP contribution in [0.25, 0.3) is 89.0 Å². The normalized spacial score (nSPS) is 15.9. The molecular formula is C70H58N4O4. The van der Waals surface area contributed by atoms with E-state index in [-0.39, 0.29) is 35.7 Å². The third-order valence-corrected chi connectivity index (χ3v) is 16.0. The maximum Gasteiger partial charge on any atom is 0.227 e. The van der Waals surface area contributed by atoms with E-state index in [0.29, 0.717) is 96.4 Å². The summed E-state index contributed by atoms with van der Waals surface area (Å²) < 4.78 is 22.7. The fourth-order valence-electron chi connectivity index (χ4n) is 12.4. The van der Waals surface area contributed by atoms with Crippen LogP contribution in [0.3, 0.4) is 0 Å². The molecule has 0 radical (unpaired) electrons. The second kappa shape index (κ2) is 20.8. The number of amides is 4. The molecule has 13 rings (SSSR count). The third kappa shape index (κ3) is 8.67. The molecule has 4 aliphatic heterocycles. The zero-order chi connectivity index (χ0) is 54.4. The first-order valence-electron chi connectivity index (χ1n) is 28.4. The van der Waals surface area contributed by atoms with Gasteiger partial charge in [0.25, 0.3) is 0 Å². The predicted octanol–water partition coefficient (Wildman–Crippen LogP) is 15.5. The average Bonchev–Trinajstić information content (AvgIpc) is 4.09. The van der Waals surface area contributed by atoms with Crippen molar-refractivity contribution in [2.75, 3.05) is 45.8 Å². The first-order valence-corrected chi connectivity index (χ1v) is 27.4. The van der Waals surface area contributed by atoms with E-state index in [1.807, 2.05) is 189 Å². The molecule has 0 unspecified atom stereocenters. The summed E-state index contributed by atoms with van der Waals surface area (Å²) in [5.41, 5.74) is 14.5. The standard InChI is InChI=1S/C70H58N4O4/c75-67-37-17-41-71(67)63-33-13-9-29-55(63)47-21-1-5-25-51(47)59-45-61(53-27-7-3-23-49(53)57-31-11-15-35-65(57)73-43-19-39-69(73)77)62(54-28-8-4-24-50(54)58-32-12-16-36-66(58)74-44-20-40-70(74)78)46-60(59)52-26-6-2-22-48(52)56-30-10-14-34-64(56)72-42-18-38-68(72)76/h1-16,21-36,45-46H,17-20,37-44H2/i45D,46D. The summed E-state index contributed by atoms with van der Waals surface area (Å²) >= 11 is 0. The Balaban J connectivity index is 1.18. The molecule has 0 spiro atoms. The zero-order valence-corrected chi connectivity index (χ0v) is 43.4. The minimum atomic E-state index is 0.0582. The van der Waals surface area contributed by atoms with Crippen LogP contribution in [0.4, 0.5) is 22.7 Å². The van der Waals surface area contributed by atoms with Crippen LogP contribution in [0.15, 0.2) is 206 Å². The summed E-state index contributed by atoms with van der Waals surface area (Å²) in [6.07, 6.45) is 4.83. The molecule has 0 saturated carbocycles. The van der Waals surface area contributed by atoms with Crippen LogP contribution in [0.2, 0.25) is 0 Å². The van der Waals surface area contributed by atoms with E-state index in [0.717, 1.165) is 92.9 Å². The molecule has 0 bridgehead atoms. The SMILES string of the molecule is [2H]c1c(-c2ccccc2-c2ccccc2N2CCCC2=O)c(-c2ccccc2-c2ccccc2N2CCCC2=O)c([2H])c(-c2ccccc2-c2ccccc2N2CCCC2=O)c1-c1ccccc1-c1ccccc1N1CCCC1=O. The Bertz CT molecular complexity index is 3480. The molecule has 4 saturated heterocycles. The molecule has 8 heteroatoms. The Kier molecular flexibility index (Phi) is 12.3. The molecular weight excluding hydrogens is 961 g/mol. The number of anilines is 4. The minimum Gasteiger partial charge on any atom is -0.312 e. The maximum atomic E-state index is 13.7. The van der Waals surface area contributed by atoms with E-state index in [4.69, 9.17) is 0 Å². The molecule has 0 aromatic heterocycles. The van der Waals surface area contributed by atoms with E-state index in [1.165, 1.54) is 0 Å². The van der Waals surface area contributed by atoms with E-state index in [1.54, 1.807) is 0 Å². The second-order valence-corrected chi connectivity index (χ2v) is 20.6. The second-order valence-electron chi connectivity index (χ2n) is 20.6. The van der Waals surface area contributed by atoms with E-state index in [2.05, 4.69) is 24.3 Å². The molecule has 4 amide bonds. The number of rotatable bonds is 12. The molecule has 4 aliphatic rings. The van der Waals surface area contributed by atoms with Gasteiger partial charge >= 0.3 is 0 Å². The lowest BCUT2D eigenvalue weighted by molar-refractivity contribution is -0.117. The van der Waals surface area contributed by atoms with Crippen LogP contribution >= 0.6 is 0 Å². The van der Waals surface area contributed by atoms with Gasteiger partial charge in [-0.2, -0.15) is 0 Å². The van der Waals surface area contributed by atoms with Crippen molar-refractivity contribution in [2.45, 2.75) is 51.4 Å². The smallest absolute Gasteiger partial charge is 0.227 e. The van der Waals surface area contributed by atoms with Gasteiger partial charge in [-0.25, -0.2) is 0 Å². The molecule has 0 atom stereocenters. The van der Waals surface area contributed by atoms with Gasteiger partial charge in [0.1, 0.15) is 0 Å². The van der Waals surface area contributed by atoms with Gasteiger partial charge in [0.2, 0.25) is 23.6 Å². The Morgan fingerprint density at radius 1 is 0.231 bits per heavy atom. The van der Waals surface area contributed by atoms with Crippen molar-refractivity contribution in [3.63, 3.8) is 0 Å². The van der Waals surface area contributed by atoms with Crippen molar-refractivity contribution in [1.29, 1.82) is 0 Å². The number of hydrogen-bond donors (Lipinski definition) is 0. The maximum absolute atomic E-state index is 13.7. The Hall–Kier alpha value is -9.14. The molecule has 382 valence electrons. The highest BCUT2D eigenvalue weighted by Crippen LogP contribution is 2.52. The van der Waals surface area contributed by atoms with E-state index >= 15 is 0 Å². The van der Waals surface area contributed by atoms with Gasteiger partial charge < -0.3 is 19.6 Å². The lowest BCUT2D eigenvalue weighted by Crippen LogP contribution is -2.24. The van der Waals surface area contributed by atoms with E-state index in [9.17, 15) is 21.9 Å². The third-order valence-electron chi connectivity index (χ3n) is 16.0. The quantitative estimate of drug-likeness (QED) is 0.122. The summed E-state index contributed by atoms with van der Waals surface area (Å²) in [6, 6.07) is 64.5. The van der Waals surface area contributed by atoms with Gasteiger partial charge in [-0.1, -0.05) is 170 Å². The van der Waals surface area contributed by atoms with Gasteiger partial charge in [0.05, 0.1) is 25.5 Å². The number of carbonyl (C=O) groups excluding carboxylic acids is 4. The molecule has 8 nitrogen and oxygen atoms in total. The summed E-state index contributed by atoms with van der Waals surface area (Å²) in [5, 5.41) is 0. The first kappa shape index (κ1) is 46.2. The number of para-hydroxylation sites is 4. The highest BCUT2D eigenvalue weighted by molar-refractivity contribution is 6.10. The monoisotopic (exact) mass is 1020 g/mol. The van der Waals surface area contributed by atoms with Crippen LogP contribution in [-0.4, -0.2) is 49.8 Å². The van der Waals surface area contributed by atoms with Crippen molar-refractivity contribution in [1.82, 2.24) is 0 Å². The number of benzene rings is 9. The van der Waals surface area contributed by atoms with Crippen LogP contribution in [0, 0.1) is 0 Å². The largest absolute Gasteiger partial charge is 0.312 e. The van der Waals surface area contributed by atoms with Crippen molar-refractivity contribution in [3.8, 4) is 89.0 Å². The number of nitrogens with zero attached hydrogens (tertiary/aromatic N) is 4. The topological polar surface area (TPSA) is 81.2 Å². The van der Waals surface area contributed by atoms with Crippen molar-refractivity contribution < 1.29 is 21.9 Å². The summed E-state index contributed by atoms with van der Waals surface area (Å²) in [4.78, 5) is 62.1. The minimum absolute atomic E-state index is 0.0582. The number of hydrogen-bond acceptors (Lipinski definition) is 4. The molecule has 78 heavy (non-hydrogen) atoms. The van der Waals surface area contributed by atoms with Gasteiger partial charge in [-0.15, -0.1) is 0 Å². The average molecular weight is 1020 g/mol. The molecule has 4 heterocycles. The van der Waals surface area contributed by atoms with Crippen LogP contribution in [0.5, 0.6) is 0 Å². The summed E-state index contributed by atoms with van der Waals surface area (Å²) in [7, 11) is 0. The Morgan fingerprint density at radius 3 is 0.577 bits per heavy atom. The highest BCUT2D eigenvalue weighted by Gasteiger charge is 2.31. The Morgan fingerprint density at radius 2 is 0.397 bits per heavy atom. The molecule has 0 aliphatic carbocycles. The Labute approximate surface area is 458 Å². The molecule has 9 aromatic rings.